The average Bonchev–Trinajstić information content (AvgIpc) is 2.47. The van der Waals surface area contributed by atoms with E-state index in [0.717, 1.165) is 45.2 Å². The SMILES string of the molecule is CC(N)C1CCN(C(=O)C2(c3ccccc3)CCC2)CC1.Cl. The standard InChI is InChI=1S/C18H26N2O.ClH/c1-14(19)15-8-12-20(13-9-15)17(21)18(10-5-11-18)16-6-3-2-4-7-16;/h2-4,6-7,14-15H,5,8-13,19H2,1H3;1H. The van der Waals surface area contributed by atoms with Gasteiger partial charge in [-0.3, -0.25) is 4.79 Å². The highest BCUT2D eigenvalue weighted by Gasteiger charge is 2.47. The molecule has 3 rings (SSSR count). The molecule has 1 aliphatic heterocycles. The van der Waals surface area contributed by atoms with Crippen LogP contribution in [0.4, 0.5) is 0 Å². The summed E-state index contributed by atoms with van der Waals surface area (Å²) in [6.45, 7) is 3.83. The quantitative estimate of drug-likeness (QED) is 0.929. The smallest absolute Gasteiger partial charge is 0.233 e. The number of hydrogen-bond donors (Lipinski definition) is 1. The minimum Gasteiger partial charge on any atom is -0.342 e. The van der Waals surface area contributed by atoms with Crippen LogP contribution in [0, 0.1) is 5.92 Å². The Bertz CT molecular complexity index is 491. The lowest BCUT2D eigenvalue weighted by atomic mass is 9.63. The molecule has 0 spiro atoms. The first kappa shape index (κ1) is 17.3. The minimum absolute atomic E-state index is 0. The number of carbonyl (C=O) groups excluding carboxylic acids is 1. The van der Waals surface area contributed by atoms with Crippen molar-refractivity contribution in [2.75, 3.05) is 13.1 Å². The second kappa shape index (κ2) is 7.01. The van der Waals surface area contributed by atoms with Crippen molar-refractivity contribution in [2.24, 2.45) is 11.7 Å². The number of halogens is 1. The molecule has 1 saturated carbocycles. The molecule has 1 atom stereocenters. The van der Waals surface area contributed by atoms with Gasteiger partial charge >= 0.3 is 0 Å². The Morgan fingerprint density at radius 2 is 1.82 bits per heavy atom. The summed E-state index contributed by atoms with van der Waals surface area (Å²) in [5.41, 5.74) is 6.97. The summed E-state index contributed by atoms with van der Waals surface area (Å²) < 4.78 is 0. The van der Waals surface area contributed by atoms with Crippen LogP contribution in [-0.4, -0.2) is 29.9 Å². The Kier molecular flexibility index (Phi) is 5.51. The molecule has 2 N–H and O–H groups in total. The first-order valence-electron chi connectivity index (χ1n) is 8.24. The van der Waals surface area contributed by atoms with Crippen molar-refractivity contribution in [2.45, 2.75) is 50.5 Å². The van der Waals surface area contributed by atoms with Gasteiger partial charge < -0.3 is 10.6 Å². The Labute approximate surface area is 139 Å². The van der Waals surface area contributed by atoms with Crippen molar-refractivity contribution in [3.63, 3.8) is 0 Å². The number of benzene rings is 1. The molecule has 2 aliphatic rings. The molecule has 1 saturated heterocycles. The maximum atomic E-state index is 13.1. The molecule has 1 aromatic rings. The van der Waals surface area contributed by atoms with E-state index in [2.05, 4.69) is 24.0 Å². The maximum absolute atomic E-state index is 13.1. The van der Waals surface area contributed by atoms with Crippen LogP contribution in [0.15, 0.2) is 30.3 Å². The van der Waals surface area contributed by atoms with E-state index < -0.39 is 0 Å². The fourth-order valence-corrected chi connectivity index (χ4v) is 3.84. The largest absolute Gasteiger partial charge is 0.342 e. The Hall–Kier alpha value is -1.06. The summed E-state index contributed by atoms with van der Waals surface area (Å²) in [5.74, 6) is 0.922. The van der Waals surface area contributed by atoms with E-state index in [4.69, 9.17) is 5.73 Å². The van der Waals surface area contributed by atoms with Gasteiger partial charge in [0.2, 0.25) is 5.91 Å². The summed E-state index contributed by atoms with van der Waals surface area (Å²) in [6, 6.07) is 10.6. The Balaban J connectivity index is 0.00000176. The number of nitrogens with zero attached hydrogens (tertiary/aromatic N) is 1. The molecule has 1 unspecified atom stereocenters. The number of hydrogen-bond acceptors (Lipinski definition) is 2. The molecular formula is C18H27ClN2O. The van der Waals surface area contributed by atoms with Gasteiger partial charge in [0, 0.05) is 19.1 Å². The predicted molar refractivity (Wildman–Crippen MR) is 92.2 cm³/mol. The first-order valence-corrected chi connectivity index (χ1v) is 8.24. The zero-order valence-corrected chi connectivity index (χ0v) is 14.1. The number of amides is 1. The lowest BCUT2D eigenvalue weighted by Crippen LogP contribution is -2.53. The highest BCUT2D eigenvalue weighted by atomic mass is 35.5. The van der Waals surface area contributed by atoms with Gasteiger partial charge in [0.05, 0.1) is 5.41 Å². The summed E-state index contributed by atoms with van der Waals surface area (Å²) >= 11 is 0. The van der Waals surface area contributed by atoms with Crippen LogP contribution >= 0.6 is 12.4 Å². The van der Waals surface area contributed by atoms with E-state index in [1.165, 1.54) is 5.56 Å². The fourth-order valence-electron chi connectivity index (χ4n) is 3.84. The van der Waals surface area contributed by atoms with Crippen LogP contribution in [0.1, 0.15) is 44.6 Å². The zero-order chi connectivity index (χ0) is 14.9. The first-order chi connectivity index (χ1) is 10.1. The van der Waals surface area contributed by atoms with Gasteiger partial charge in [0.1, 0.15) is 0 Å². The molecular weight excluding hydrogens is 296 g/mol. The van der Waals surface area contributed by atoms with Gasteiger partial charge in [-0.25, -0.2) is 0 Å². The summed E-state index contributed by atoms with van der Waals surface area (Å²) in [4.78, 5) is 15.2. The lowest BCUT2D eigenvalue weighted by molar-refractivity contribution is -0.142. The van der Waals surface area contributed by atoms with E-state index >= 15 is 0 Å². The van der Waals surface area contributed by atoms with E-state index in [1.807, 2.05) is 18.2 Å². The third-order valence-corrected chi connectivity index (χ3v) is 5.51. The highest BCUT2D eigenvalue weighted by molar-refractivity contribution is 5.89. The molecule has 0 aromatic heterocycles. The number of nitrogens with two attached hydrogens (primary N) is 1. The molecule has 4 heteroatoms. The number of rotatable bonds is 3. The molecule has 1 heterocycles. The van der Waals surface area contributed by atoms with E-state index in [-0.39, 0.29) is 23.9 Å². The molecule has 0 bridgehead atoms. The van der Waals surface area contributed by atoms with E-state index in [0.29, 0.717) is 11.8 Å². The number of likely N-dealkylation sites (tertiary alicyclic amines) is 1. The predicted octanol–water partition coefficient (Wildman–Crippen LogP) is 3.12. The molecule has 122 valence electrons. The van der Waals surface area contributed by atoms with Crippen molar-refractivity contribution >= 4 is 18.3 Å². The van der Waals surface area contributed by atoms with Crippen molar-refractivity contribution in [3.8, 4) is 0 Å². The van der Waals surface area contributed by atoms with Crippen LogP contribution in [0.2, 0.25) is 0 Å². The molecule has 1 amide bonds. The maximum Gasteiger partial charge on any atom is 0.233 e. The van der Waals surface area contributed by atoms with Gasteiger partial charge in [0.25, 0.3) is 0 Å². The normalized spacial score (nSPS) is 22.4. The zero-order valence-electron chi connectivity index (χ0n) is 13.3. The molecule has 1 aliphatic carbocycles. The van der Waals surface area contributed by atoms with Crippen LogP contribution in [0.5, 0.6) is 0 Å². The van der Waals surface area contributed by atoms with E-state index in [1.54, 1.807) is 0 Å². The molecule has 22 heavy (non-hydrogen) atoms. The van der Waals surface area contributed by atoms with Gasteiger partial charge in [-0.15, -0.1) is 12.4 Å². The van der Waals surface area contributed by atoms with Crippen LogP contribution in [-0.2, 0) is 10.2 Å². The highest BCUT2D eigenvalue weighted by Crippen LogP contribution is 2.45. The fraction of sp³-hybridized carbons (Fsp3) is 0.611. The third kappa shape index (κ3) is 3.02. The van der Waals surface area contributed by atoms with Crippen molar-refractivity contribution < 1.29 is 4.79 Å². The average molecular weight is 323 g/mol. The summed E-state index contributed by atoms with van der Waals surface area (Å²) in [5, 5.41) is 0. The van der Waals surface area contributed by atoms with Crippen molar-refractivity contribution in [1.29, 1.82) is 0 Å². The molecule has 0 radical (unpaired) electrons. The van der Waals surface area contributed by atoms with Crippen molar-refractivity contribution in [1.82, 2.24) is 4.90 Å². The molecule has 1 aromatic carbocycles. The number of piperidine rings is 1. The summed E-state index contributed by atoms with van der Waals surface area (Å²) in [6.07, 6.45) is 5.27. The Morgan fingerprint density at radius 1 is 1.23 bits per heavy atom. The monoisotopic (exact) mass is 322 g/mol. The van der Waals surface area contributed by atoms with Crippen LogP contribution in [0.25, 0.3) is 0 Å². The van der Waals surface area contributed by atoms with Crippen LogP contribution < -0.4 is 5.73 Å². The van der Waals surface area contributed by atoms with Gasteiger partial charge in [-0.05, 0) is 44.1 Å². The Morgan fingerprint density at radius 3 is 2.27 bits per heavy atom. The van der Waals surface area contributed by atoms with Crippen LogP contribution in [0.3, 0.4) is 0 Å². The molecule has 3 nitrogen and oxygen atoms in total. The third-order valence-electron chi connectivity index (χ3n) is 5.51. The van der Waals surface area contributed by atoms with Gasteiger partial charge in [0.15, 0.2) is 0 Å². The second-order valence-electron chi connectivity index (χ2n) is 6.79. The topological polar surface area (TPSA) is 46.3 Å². The summed E-state index contributed by atoms with van der Waals surface area (Å²) in [7, 11) is 0. The molecule has 2 fully saturated rings. The lowest BCUT2D eigenvalue weighted by Gasteiger charge is -2.46. The van der Waals surface area contributed by atoms with E-state index in [9.17, 15) is 4.79 Å². The van der Waals surface area contributed by atoms with Gasteiger partial charge in [-0.1, -0.05) is 36.8 Å². The number of carbonyl (C=O) groups is 1. The second-order valence-corrected chi connectivity index (χ2v) is 6.79. The van der Waals surface area contributed by atoms with Crippen molar-refractivity contribution in [3.05, 3.63) is 35.9 Å². The van der Waals surface area contributed by atoms with Gasteiger partial charge in [-0.2, -0.15) is 0 Å². The minimum atomic E-state index is -0.234.